The lowest BCUT2D eigenvalue weighted by atomic mass is 10.2. The van der Waals surface area contributed by atoms with Crippen LogP contribution in [0.3, 0.4) is 0 Å². The van der Waals surface area contributed by atoms with Crippen LogP contribution in [0.25, 0.3) is 0 Å². The molecule has 0 saturated heterocycles. The molecule has 3 rings (SSSR count). The third-order valence-corrected chi connectivity index (χ3v) is 5.68. The van der Waals surface area contributed by atoms with Gasteiger partial charge in [-0.3, -0.25) is 5.32 Å². The molecule has 0 atom stereocenters. The first-order chi connectivity index (χ1) is 12.7. The van der Waals surface area contributed by atoms with Gasteiger partial charge in [-0.15, -0.1) is 10.2 Å². The van der Waals surface area contributed by atoms with E-state index in [1.807, 2.05) is 36.4 Å². The molecule has 0 radical (unpaired) electrons. The Morgan fingerprint density at radius 2 is 1.92 bits per heavy atom. The first kappa shape index (κ1) is 18.5. The summed E-state index contributed by atoms with van der Waals surface area (Å²) in [7, 11) is 1.55. The monoisotopic (exact) mass is 406 g/mol. The van der Waals surface area contributed by atoms with Crippen LogP contribution in [-0.4, -0.2) is 23.3 Å². The number of ether oxygens (including phenoxy) is 1. The van der Waals surface area contributed by atoms with Crippen LogP contribution in [0.2, 0.25) is 5.02 Å². The third kappa shape index (κ3) is 4.87. The Hall–Kier alpha value is -2.29. The maximum atomic E-state index is 12.1. The third-order valence-electron chi connectivity index (χ3n) is 3.29. The van der Waals surface area contributed by atoms with Crippen molar-refractivity contribution in [3.63, 3.8) is 0 Å². The minimum Gasteiger partial charge on any atom is -0.495 e. The number of carbonyl (C=O) groups is 1. The van der Waals surface area contributed by atoms with Crippen molar-refractivity contribution in [1.29, 1.82) is 0 Å². The molecule has 2 aromatic carbocycles. The molecule has 3 aromatic rings. The number of amides is 2. The zero-order chi connectivity index (χ0) is 18.4. The molecule has 0 saturated carbocycles. The van der Waals surface area contributed by atoms with Crippen LogP contribution >= 0.6 is 34.7 Å². The highest BCUT2D eigenvalue weighted by atomic mass is 35.5. The molecule has 0 aliphatic rings. The van der Waals surface area contributed by atoms with Crippen LogP contribution in [-0.2, 0) is 5.75 Å². The van der Waals surface area contributed by atoms with Gasteiger partial charge < -0.3 is 10.1 Å². The Balaban J connectivity index is 1.56. The number of halogens is 1. The molecule has 0 spiro atoms. The van der Waals surface area contributed by atoms with E-state index in [-0.39, 0.29) is 0 Å². The molecule has 26 heavy (non-hydrogen) atoms. The Labute approximate surface area is 163 Å². The predicted molar refractivity (Wildman–Crippen MR) is 107 cm³/mol. The van der Waals surface area contributed by atoms with Gasteiger partial charge in [0.1, 0.15) is 5.75 Å². The number of carbonyl (C=O) groups excluding carboxylic acids is 1. The molecule has 6 nitrogen and oxygen atoms in total. The lowest BCUT2D eigenvalue weighted by Gasteiger charge is -2.09. The van der Waals surface area contributed by atoms with E-state index >= 15 is 0 Å². The Kier molecular flexibility index (Phi) is 6.32. The second kappa shape index (κ2) is 8.88. The van der Waals surface area contributed by atoms with Crippen LogP contribution in [0.1, 0.15) is 5.56 Å². The van der Waals surface area contributed by atoms with E-state index in [2.05, 4.69) is 20.8 Å². The summed E-state index contributed by atoms with van der Waals surface area (Å²) in [6, 6.07) is 14.4. The van der Waals surface area contributed by atoms with Crippen molar-refractivity contribution in [2.45, 2.75) is 10.1 Å². The number of hydrogen-bond donors (Lipinski definition) is 2. The molecule has 1 heterocycles. The summed E-state index contributed by atoms with van der Waals surface area (Å²) in [5, 5.41) is 14.6. The summed E-state index contributed by atoms with van der Waals surface area (Å²) in [6.07, 6.45) is 0. The lowest BCUT2D eigenvalue weighted by molar-refractivity contribution is 0.262. The number of hydrogen-bond acceptors (Lipinski definition) is 6. The van der Waals surface area contributed by atoms with E-state index in [4.69, 9.17) is 16.3 Å². The molecule has 2 amide bonds. The summed E-state index contributed by atoms with van der Waals surface area (Å²) in [4.78, 5) is 12.1. The zero-order valence-electron chi connectivity index (χ0n) is 13.7. The zero-order valence-corrected chi connectivity index (χ0v) is 16.1. The van der Waals surface area contributed by atoms with Crippen LogP contribution in [0.4, 0.5) is 15.6 Å². The molecule has 134 valence electrons. The minimum absolute atomic E-state index is 0.409. The summed E-state index contributed by atoms with van der Waals surface area (Å²) >= 11 is 8.96. The quantitative estimate of drug-likeness (QED) is 0.438. The van der Waals surface area contributed by atoms with Gasteiger partial charge in [-0.1, -0.05) is 65.0 Å². The van der Waals surface area contributed by atoms with Gasteiger partial charge in [-0.05, 0) is 23.8 Å². The van der Waals surface area contributed by atoms with Crippen molar-refractivity contribution in [3.05, 3.63) is 59.1 Å². The topological polar surface area (TPSA) is 76.1 Å². The average Bonchev–Trinajstić information content (AvgIpc) is 3.08. The van der Waals surface area contributed by atoms with Crippen LogP contribution in [0, 0.1) is 0 Å². The first-order valence-corrected chi connectivity index (χ1v) is 9.74. The number of urea groups is 1. The van der Waals surface area contributed by atoms with Gasteiger partial charge in [0.25, 0.3) is 0 Å². The van der Waals surface area contributed by atoms with E-state index in [1.54, 1.807) is 19.2 Å². The molecule has 1 aromatic heterocycles. The van der Waals surface area contributed by atoms with E-state index in [0.717, 1.165) is 14.9 Å². The normalized spacial score (nSPS) is 10.4. The SMILES string of the molecule is COc1ccccc1NC(=O)Nc1nnc(SCc2ccccc2Cl)s1. The number of benzene rings is 2. The van der Waals surface area contributed by atoms with Gasteiger partial charge in [0, 0.05) is 10.8 Å². The van der Waals surface area contributed by atoms with Crippen LogP contribution in [0.15, 0.2) is 52.9 Å². The molecule has 0 unspecified atom stereocenters. The van der Waals surface area contributed by atoms with E-state index in [0.29, 0.717) is 22.3 Å². The minimum atomic E-state index is -0.409. The number of aromatic nitrogens is 2. The van der Waals surface area contributed by atoms with Crippen molar-refractivity contribution >= 4 is 51.5 Å². The van der Waals surface area contributed by atoms with Crippen molar-refractivity contribution in [2.75, 3.05) is 17.7 Å². The Bertz CT molecular complexity index is 904. The molecular weight excluding hydrogens is 392 g/mol. The van der Waals surface area contributed by atoms with Gasteiger partial charge in [0.05, 0.1) is 12.8 Å². The maximum Gasteiger partial charge on any atom is 0.325 e. The molecule has 0 aliphatic heterocycles. The second-order valence-electron chi connectivity index (χ2n) is 5.03. The second-order valence-corrected chi connectivity index (χ2v) is 7.64. The number of thioether (sulfide) groups is 1. The standard InChI is InChI=1S/C17H15ClN4O2S2/c1-24-14-9-5-4-8-13(14)19-15(23)20-16-21-22-17(26-16)25-10-11-6-2-3-7-12(11)18/h2-9H,10H2,1H3,(H2,19,20,21,23). The smallest absolute Gasteiger partial charge is 0.325 e. The van der Waals surface area contributed by atoms with E-state index in [9.17, 15) is 4.79 Å². The number of nitrogens with zero attached hydrogens (tertiary/aromatic N) is 2. The summed E-state index contributed by atoms with van der Waals surface area (Å²) in [5.41, 5.74) is 1.60. The molecule has 9 heteroatoms. The highest BCUT2D eigenvalue weighted by Crippen LogP contribution is 2.30. The fraction of sp³-hybridized carbons (Fsp3) is 0.118. The summed E-state index contributed by atoms with van der Waals surface area (Å²) in [5.74, 6) is 1.26. The first-order valence-electron chi connectivity index (χ1n) is 7.56. The highest BCUT2D eigenvalue weighted by molar-refractivity contribution is 8.00. The summed E-state index contributed by atoms with van der Waals surface area (Å²) in [6.45, 7) is 0. The van der Waals surface area contributed by atoms with Crippen molar-refractivity contribution in [2.24, 2.45) is 0 Å². The fourth-order valence-electron chi connectivity index (χ4n) is 2.07. The number of rotatable bonds is 6. The van der Waals surface area contributed by atoms with Gasteiger partial charge in [0.2, 0.25) is 5.13 Å². The van der Waals surface area contributed by atoms with Gasteiger partial charge in [0.15, 0.2) is 4.34 Å². The fourth-order valence-corrected chi connectivity index (χ4v) is 4.10. The molecule has 0 aliphatic carbocycles. The van der Waals surface area contributed by atoms with Gasteiger partial charge >= 0.3 is 6.03 Å². The molecule has 0 bridgehead atoms. The molecule has 2 N–H and O–H groups in total. The van der Waals surface area contributed by atoms with E-state index in [1.165, 1.54) is 23.1 Å². The van der Waals surface area contributed by atoms with Crippen LogP contribution in [0.5, 0.6) is 5.75 Å². The Morgan fingerprint density at radius 3 is 2.73 bits per heavy atom. The van der Waals surface area contributed by atoms with Crippen molar-refractivity contribution < 1.29 is 9.53 Å². The number of anilines is 2. The number of nitrogens with one attached hydrogen (secondary N) is 2. The number of para-hydroxylation sites is 2. The van der Waals surface area contributed by atoms with Gasteiger partial charge in [-0.2, -0.15) is 0 Å². The lowest BCUT2D eigenvalue weighted by Crippen LogP contribution is -2.19. The maximum absolute atomic E-state index is 12.1. The average molecular weight is 407 g/mol. The molecular formula is C17H15ClN4O2S2. The van der Waals surface area contributed by atoms with Gasteiger partial charge in [-0.25, -0.2) is 4.79 Å². The largest absolute Gasteiger partial charge is 0.495 e. The predicted octanol–water partition coefficient (Wildman–Crippen LogP) is 5.14. The summed E-state index contributed by atoms with van der Waals surface area (Å²) < 4.78 is 5.95. The van der Waals surface area contributed by atoms with Crippen molar-refractivity contribution in [1.82, 2.24) is 10.2 Å². The van der Waals surface area contributed by atoms with Crippen LogP contribution < -0.4 is 15.4 Å². The highest BCUT2D eigenvalue weighted by Gasteiger charge is 2.11. The molecule has 0 fully saturated rings. The Morgan fingerprint density at radius 1 is 1.15 bits per heavy atom. The number of methoxy groups -OCH3 is 1. The van der Waals surface area contributed by atoms with E-state index < -0.39 is 6.03 Å². The van der Waals surface area contributed by atoms with Crippen molar-refractivity contribution in [3.8, 4) is 5.75 Å².